The van der Waals surface area contributed by atoms with Crippen LogP contribution in [0.3, 0.4) is 0 Å². The lowest BCUT2D eigenvalue weighted by molar-refractivity contribution is -0.136. The molecular weight excluding hydrogens is 436 g/mol. The van der Waals surface area contributed by atoms with Crippen molar-refractivity contribution < 1.29 is 19.5 Å². The number of pyridine rings is 1. The molecule has 0 fully saturated rings. The van der Waals surface area contributed by atoms with Crippen molar-refractivity contribution in [2.75, 3.05) is 19.0 Å². The van der Waals surface area contributed by atoms with Crippen LogP contribution in [0.5, 0.6) is 5.75 Å². The number of aliphatic carboxylic acids is 1. The number of ether oxygens (including phenoxy) is 1. The van der Waals surface area contributed by atoms with Crippen LogP contribution in [0, 0.1) is 0 Å². The summed E-state index contributed by atoms with van der Waals surface area (Å²) in [6.45, 7) is 4.54. The van der Waals surface area contributed by atoms with Gasteiger partial charge in [0.2, 0.25) is 0 Å². The third kappa shape index (κ3) is 7.64. The number of carboxylic acid groups (broad SMARTS) is 1. The third-order valence-corrected chi connectivity index (χ3v) is 6.00. The second-order valence-corrected chi connectivity index (χ2v) is 8.76. The molecule has 1 atom stereocenters. The minimum atomic E-state index is -0.778. The van der Waals surface area contributed by atoms with Crippen molar-refractivity contribution in [1.29, 1.82) is 0 Å². The number of hydrogen-bond acceptors (Lipinski definition) is 6. The summed E-state index contributed by atoms with van der Waals surface area (Å²) in [6.07, 6.45) is 2.27. The predicted molar refractivity (Wildman–Crippen MR) is 133 cm³/mol. The van der Waals surface area contributed by atoms with Crippen LogP contribution < -0.4 is 4.74 Å². The van der Waals surface area contributed by atoms with Gasteiger partial charge in [-0.05, 0) is 54.5 Å². The number of hydrogen-bond donors (Lipinski definition) is 1. The zero-order valence-electron chi connectivity index (χ0n) is 18.8. The number of aromatic nitrogens is 1. The highest BCUT2D eigenvalue weighted by Crippen LogP contribution is 2.20. The topological polar surface area (TPSA) is 81.0 Å². The van der Waals surface area contributed by atoms with E-state index in [1.54, 1.807) is 6.20 Å². The van der Waals surface area contributed by atoms with E-state index in [1.165, 1.54) is 11.8 Å². The van der Waals surface area contributed by atoms with Crippen molar-refractivity contribution in [3.63, 3.8) is 0 Å². The number of carbonyl (C=O) groups is 1. The first kappa shape index (κ1) is 24.3. The minimum absolute atomic E-state index is 0.319. The molecule has 33 heavy (non-hydrogen) atoms. The van der Waals surface area contributed by atoms with Gasteiger partial charge >= 0.3 is 5.97 Å². The number of carboxylic acids is 1. The Morgan fingerprint density at radius 3 is 2.45 bits per heavy atom. The van der Waals surface area contributed by atoms with Crippen LogP contribution in [-0.4, -0.2) is 46.0 Å². The maximum atomic E-state index is 11.3. The van der Waals surface area contributed by atoms with Crippen LogP contribution in [0.15, 0.2) is 78.1 Å². The summed E-state index contributed by atoms with van der Waals surface area (Å²) >= 11 is 1.44. The molecular formula is C26H28N2O4S. The minimum Gasteiger partial charge on any atom is -0.490 e. The number of rotatable bonds is 12. The average molecular weight is 465 g/mol. The van der Waals surface area contributed by atoms with E-state index < -0.39 is 11.2 Å². The van der Waals surface area contributed by atoms with Gasteiger partial charge in [0.1, 0.15) is 17.6 Å². The van der Waals surface area contributed by atoms with E-state index in [0.717, 1.165) is 33.8 Å². The van der Waals surface area contributed by atoms with Gasteiger partial charge in [-0.25, -0.2) is 0 Å². The van der Waals surface area contributed by atoms with E-state index in [9.17, 15) is 9.90 Å². The Bertz CT molecular complexity index is 1040. The second-order valence-electron chi connectivity index (χ2n) is 7.28. The molecule has 0 radical (unpaired) electrons. The second kappa shape index (κ2) is 12.6. The normalized spacial score (nSPS) is 12.2. The van der Waals surface area contributed by atoms with Crippen molar-refractivity contribution in [2.24, 2.45) is 5.16 Å². The molecule has 2 aromatic carbocycles. The Kier molecular flexibility index (Phi) is 9.32. The largest absolute Gasteiger partial charge is 0.490 e. The monoisotopic (exact) mass is 464 g/mol. The molecule has 7 heteroatoms. The maximum Gasteiger partial charge on any atom is 0.316 e. The molecule has 0 aliphatic carbocycles. The summed E-state index contributed by atoms with van der Waals surface area (Å²) in [5.74, 6) is 0.707. The molecule has 0 aliphatic heterocycles. The average Bonchev–Trinajstić information content (AvgIpc) is 2.85. The maximum absolute atomic E-state index is 11.3. The molecule has 0 aliphatic rings. The standard InChI is InChI=1S/C26H28N2O4S/c1-3-33-25(26(29)30)18-20-7-13-23(14-8-20)31-16-17-32-28-19(2)21-9-11-22(12-10-21)24-6-4-5-15-27-24/h4-15,25H,3,16-18H2,1-2H3,(H,29,30)/b28-19-. The molecule has 0 amide bonds. The van der Waals surface area contributed by atoms with Crippen LogP contribution >= 0.6 is 11.8 Å². The van der Waals surface area contributed by atoms with Gasteiger partial charge in [-0.2, -0.15) is 0 Å². The molecule has 1 aromatic heterocycles. The van der Waals surface area contributed by atoms with E-state index in [0.29, 0.717) is 25.4 Å². The van der Waals surface area contributed by atoms with E-state index in [1.807, 2.05) is 80.6 Å². The molecule has 6 nitrogen and oxygen atoms in total. The highest BCUT2D eigenvalue weighted by molar-refractivity contribution is 8.00. The van der Waals surface area contributed by atoms with E-state index >= 15 is 0 Å². The Labute approximate surface area is 198 Å². The van der Waals surface area contributed by atoms with Crippen molar-refractivity contribution in [1.82, 2.24) is 4.98 Å². The highest BCUT2D eigenvalue weighted by Gasteiger charge is 2.17. The van der Waals surface area contributed by atoms with Gasteiger partial charge in [-0.15, -0.1) is 11.8 Å². The van der Waals surface area contributed by atoms with Crippen LogP contribution in [0.2, 0.25) is 0 Å². The lowest BCUT2D eigenvalue weighted by atomic mass is 10.1. The van der Waals surface area contributed by atoms with Gasteiger partial charge in [0.25, 0.3) is 0 Å². The lowest BCUT2D eigenvalue weighted by Crippen LogP contribution is -2.19. The fourth-order valence-corrected chi connectivity index (χ4v) is 4.02. The van der Waals surface area contributed by atoms with Gasteiger partial charge in [0, 0.05) is 11.8 Å². The van der Waals surface area contributed by atoms with Gasteiger partial charge < -0.3 is 14.7 Å². The van der Waals surface area contributed by atoms with Gasteiger partial charge in [0.15, 0.2) is 6.61 Å². The summed E-state index contributed by atoms with van der Waals surface area (Å²) in [7, 11) is 0. The summed E-state index contributed by atoms with van der Waals surface area (Å²) in [5.41, 5.74) is 4.72. The number of thioether (sulfide) groups is 1. The molecule has 1 unspecified atom stereocenters. The van der Waals surface area contributed by atoms with Gasteiger partial charge in [-0.1, -0.05) is 54.5 Å². The quantitative estimate of drug-likeness (QED) is 0.222. The first-order valence-corrected chi connectivity index (χ1v) is 11.9. The van der Waals surface area contributed by atoms with E-state index in [4.69, 9.17) is 9.57 Å². The molecule has 1 heterocycles. The summed E-state index contributed by atoms with van der Waals surface area (Å²) < 4.78 is 5.69. The fourth-order valence-electron chi connectivity index (χ4n) is 3.16. The van der Waals surface area contributed by atoms with Crippen molar-refractivity contribution in [3.8, 4) is 17.0 Å². The Morgan fingerprint density at radius 2 is 1.82 bits per heavy atom. The molecule has 172 valence electrons. The first-order chi connectivity index (χ1) is 16.1. The van der Waals surface area contributed by atoms with Crippen molar-refractivity contribution in [2.45, 2.75) is 25.5 Å². The first-order valence-electron chi connectivity index (χ1n) is 10.8. The third-order valence-electron chi connectivity index (χ3n) is 4.90. The molecule has 0 bridgehead atoms. The molecule has 0 saturated carbocycles. The van der Waals surface area contributed by atoms with E-state index in [2.05, 4.69) is 10.1 Å². The number of oxime groups is 1. The van der Waals surface area contributed by atoms with Gasteiger partial charge in [-0.3, -0.25) is 9.78 Å². The summed E-state index contributed by atoms with van der Waals surface area (Å²) in [5, 5.41) is 13.0. The Morgan fingerprint density at radius 1 is 1.06 bits per heavy atom. The smallest absolute Gasteiger partial charge is 0.316 e. The van der Waals surface area contributed by atoms with Crippen molar-refractivity contribution in [3.05, 3.63) is 84.1 Å². The van der Waals surface area contributed by atoms with Crippen LogP contribution in [-0.2, 0) is 16.1 Å². The zero-order valence-corrected chi connectivity index (χ0v) is 19.6. The number of nitrogens with zero attached hydrogens (tertiary/aromatic N) is 2. The molecule has 1 N–H and O–H groups in total. The predicted octanol–water partition coefficient (Wildman–Crippen LogP) is 5.32. The van der Waals surface area contributed by atoms with Crippen LogP contribution in [0.1, 0.15) is 25.0 Å². The molecule has 3 aromatic rings. The molecule has 0 spiro atoms. The summed E-state index contributed by atoms with van der Waals surface area (Å²) in [6, 6.07) is 21.4. The SMILES string of the molecule is CCSC(Cc1ccc(OCCO/N=C(/C)c2ccc(-c3ccccn3)cc2)cc1)C(=O)O. The Balaban J connectivity index is 1.42. The highest BCUT2D eigenvalue weighted by atomic mass is 32.2. The lowest BCUT2D eigenvalue weighted by Gasteiger charge is -2.11. The summed E-state index contributed by atoms with van der Waals surface area (Å²) in [4.78, 5) is 21.1. The zero-order chi connectivity index (χ0) is 23.5. The molecule has 0 saturated heterocycles. The van der Waals surface area contributed by atoms with Crippen LogP contribution in [0.4, 0.5) is 0 Å². The van der Waals surface area contributed by atoms with Crippen molar-refractivity contribution >= 4 is 23.4 Å². The number of benzene rings is 2. The van der Waals surface area contributed by atoms with E-state index in [-0.39, 0.29) is 0 Å². The van der Waals surface area contributed by atoms with Gasteiger partial charge in [0.05, 0.1) is 11.4 Å². The van der Waals surface area contributed by atoms with Crippen LogP contribution in [0.25, 0.3) is 11.3 Å². The Hall–Kier alpha value is -3.32. The fraction of sp³-hybridized carbons (Fsp3) is 0.269. The molecule has 3 rings (SSSR count).